The highest BCUT2D eigenvalue weighted by atomic mass is 35.5. The second-order valence-corrected chi connectivity index (χ2v) is 5.23. The van der Waals surface area contributed by atoms with Crippen molar-refractivity contribution in [2.75, 3.05) is 0 Å². The minimum absolute atomic E-state index is 0.115. The van der Waals surface area contributed by atoms with E-state index in [9.17, 15) is 4.79 Å². The second kappa shape index (κ2) is 5.76. The number of halogens is 2. The van der Waals surface area contributed by atoms with Gasteiger partial charge in [-0.25, -0.2) is 9.78 Å². The lowest BCUT2D eigenvalue weighted by Crippen LogP contribution is -2.05. The van der Waals surface area contributed by atoms with Crippen molar-refractivity contribution in [1.29, 1.82) is 0 Å². The summed E-state index contributed by atoms with van der Waals surface area (Å²) in [6, 6.07) is 10.6. The van der Waals surface area contributed by atoms with Crippen molar-refractivity contribution >= 4 is 34.8 Å². The summed E-state index contributed by atoms with van der Waals surface area (Å²) in [4.78, 5) is 16.2. The van der Waals surface area contributed by atoms with Crippen molar-refractivity contribution in [2.24, 2.45) is 0 Å². The molecule has 0 radical (unpaired) electrons. The first-order valence-corrected chi connectivity index (χ1v) is 6.94. The van der Waals surface area contributed by atoms with Gasteiger partial charge in [0, 0.05) is 12.4 Å². The highest BCUT2D eigenvalue weighted by molar-refractivity contribution is 6.42. The maximum atomic E-state index is 12.0. The summed E-state index contributed by atoms with van der Waals surface area (Å²) in [5.41, 5.74) is 1.72. The van der Waals surface area contributed by atoms with Gasteiger partial charge in [0.1, 0.15) is 12.3 Å². The first-order chi connectivity index (χ1) is 10.1. The number of imidazole rings is 1. The molecule has 0 bridgehead atoms. The lowest BCUT2D eigenvalue weighted by molar-refractivity contribution is 0.0466. The largest absolute Gasteiger partial charge is 0.456 e. The molecule has 4 nitrogen and oxygen atoms in total. The van der Waals surface area contributed by atoms with Gasteiger partial charge in [0.2, 0.25) is 0 Å². The molecule has 106 valence electrons. The molecule has 2 heterocycles. The number of hydrogen-bond acceptors (Lipinski definition) is 3. The summed E-state index contributed by atoms with van der Waals surface area (Å²) in [6.07, 6.45) is 3.45. The molecule has 0 saturated carbocycles. The van der Waals surface area contributed by atoms with Crippen LogP contribution in [0, 0.1) is 0 Å². The Hall–Kier alpha value is -2.04. The van der Waals surface area contributed by atoms with Gasteiger partial charge >= 0.3 is 5.97 Å². The molecular formula is C15H10Cl2N2O2. The van der Waals surface area contributed by atoms with Crippen molar-refractivity contribution in [2.45, 2.75) is 6.61 Å². The van der Waals surface area contributed by atoms with Gasteiger partial charge in [0.25, 0.3) is 0 Å². The topological polar surface area (TPSA) is 43.6 Å². The third kappa shape index (κ3) is 3.01. The number of pyridine rings is 1. The Morgan fingerprint density at radius 3 is 2.81 bits per heavy atom. The number of nitrogens with zero attached hydrogens (tertiary/aromatic N) is 2. The Kier molecular flexibility index (Phi) is 3.82. The summed E-state index contributed by atoms with van der Waals surface area (Å²) in [5, 5.41) is 0.894. The summed E-state index contributed by atoms with van der Waals surface area (Å²) < 4.78 is 6.98. The maximum absolute atomic E-state index is 12.0. The van der Waals surface area contributed by atoms with Gasteiger partial charge in [0.15, 0.2) is 5.69 Å². The highest BCUT2D eigenvalue weighted by Gasteiger charge is 2.12. The molecule has 0 saturated heterocycles. The van der Waals surface area contributed by atoms with Gasteiger partial charge in [-0.05, 0) is 29.8 Å². The third-order valence-corrected chi connectivity index (χ3v) is 3.67. The predicted molar refractivity (Wildman–Crippen MR) is 80.8 cm³/mol. The zero-order valence-corrected chi connectivity index (χ0v) is 12.3. The van der Waals surface area contributed by atoms with Gasteiger partial charge in [-0.3, -0.25) is 0 Å². The van der Waals surface area contributed by atoms with E-state index in [0.717, 1.165) is 5.56 Å². The minimum atomic E-state index is -0.482. The number of ether oxygens (including phenoxy) is 1. The average Bonchev–Trinajstić information content (AvgIpc) is 2.92. The van der Waals surface area contributed by atoms with Crippen molar-refractivity contribution < 1.29 is 9.53 Å². The van der Waals surface area contributed by atoms with E-state index in [-0.39, 0.29) is 12.3 Å². The molecular weight excluding hydrogens is 311 g/mol. The first kappa shape index (κ1) is 13.9. The molecule has 0 aliphatic carbocycles. The molecule has 21 heavy (non-hydrogen) atoms. The number of hydrogen-bond donors (Lipinski definition) is 0. The molecule has 0 fully saturated rings. The summed E-state index contributed by atoms with van der Waals surface area (Å²) in [7, 11) is 0. The van der Waals surface area contributed by atoms with Crippen molar-refractivity contribution in [3.8, 4) is 0 Å². The van der Waals surface area contributed by atoms with Crippen molar-refractivity contribution in [1.82, 2.24) is 9.38 Å². The lowest BCUT2D eigenvalue weighted by atomic mass is 10.2. The molecule has 0 aliphatic heterocycles. The molecule has 6 heteroatoms. The fourth-order valence-electron chi connectivity index (χ4n) is 1.89. The molecule has 0 N–H and O–H groups in total. The molecule has 0 spiro atoms. The summed E-state index contributed by atoms with van der Waals surface area (Å²) >= 11 is 11.7. The van der Waals surface area contributed by atoms with Crippen LogP contribution < -0.4 is 0 Å². The molecule has 0 unspecified atom stereocenters. The van der Waals surface area contributed by atoms with E-state index in [0.29, 0.717) is 15.7 Å². The number of rotatable bonds is 3. The zero-order valence-electron chi connectivity index (χ0n) is 10.8. The van der Waals surface area contributed by atoms with Crippen molar-refractivity contribution in [3.63, 3.8) is 0 Å². The third-order valence-electron chi connectivity index (χ3n) is 2.93. The Balaban J connectivity index is 1.72. The quantitative estimate of drug-likeness (QED) is 0.685. The van der Waals surface area contributed by atoms with Crippen LogP contribution in [-0.2, 0) is 11.3 Å². The van der Waals surface area contributed by atoms with Gasteiger partial charge in [-0.15, -0.1) is 0 Å². The Bertz CT molecular complexity index is 781. The van der Waals surface area contributed by atoms with Gasteiger partial charge in [-0.2, -0.15) is 0 Å². The average molecular weight is 321 g/mol. The lowest BCUT2D eigenvalue weighted by Gasteiger charge is -2.04. The number of carbonyl (C=O) groups is 1. The van der Waals surface area contributed by atoms with Gasteiger partial charge in [0.05, 0.1) is 10.0 Å². The van der Waals surface area contributed by atoms with E-state index in [1.807, 2.05) is 24.4 Å². The van der Waals surface area contributed by atoms with Gasteiger partial charge < -0.3 is 9.14 Å². The minimum Gasteiger partial charge on any atom is -0.456 e. The highest BCUT2D eigenvalue weighted by Crippen LogP contribution is 2.23. The van der Waals surface area contributed by atoms with Gasteiger partial charge in [-0.1, -0.05) is 35.3 Å². The van der Waals surface area contributed by atoms with Crippen molar-refractivity contribution in [3.05, 3.63) is 70.1 Å². The Morgan fingerprint density at radius 2 is 2.05 bits per heavy atom. The summed E-state index contributed by atoms with van der Waals surface area (Å²) in [5.74, 6) is -0.482. The number of aromatic nitrogens is 2. The van der Waals surface area contributed by atoms with Crippen LogP contribution in [0.15, 0.2) is 48.8 Å². The van der Waals surface area contributed by atoms with Crippen LogP contribution in [0.3, 0.4) is 0 Å². The van der Waals surface area contributed by atoms with Crippen LogP contribution in [-0.4, -0.2) is 15.4 Å². The van der Waals surface area contributed by atoms with E-state index in [1.165, 1.54) is 0 Å². The molecule has 0 amide bonds. The Morgan fingerprint density at radius 1 is 1.19 bits per heavy atom. The first-order valence-electron chi connectivity index (χ1n) is 6.18. The predicted octanol–water partition coefficient (Wildman–Crippen LogP) is 4.00. The van der Waals surface area contributed by atoms with Crippen LogP contribution in [0.5, 0.6) is 0 Å². The van der Waals surface area contributed by atoms with Crippen LogP contribution in [0.4, 0.5) is 0 Å². The molecule has 1 aromatic carbocycles. The molecule has 3 rings (SSSR count). The number of benzene rings is 1. The standard InChI is InChI=1S/C15H10Cl2N2O2/c16-11-5-4-10(7-12(11)17)9-21-15(20)13-8-19-6-2-1-3-14(19)18-13/h1-8H,9H2. The van der Waals surface area contributed by atoms with E-state index >= 15 is 0 Å². The summed E-state index contributed by atoms with van der Waals surface area (Å²) in [6.45, 7) is 0.115. The van der Waals surface area contributed by atoms with E-state index < -0.39 is 5.97 Å². The van der Waals surface area contributed by atoms with E-state index in [2.05, 4.69) is 4.98 Å². The maximum Gasteiger partial charge on any atom is 0.358 e. The Labute approximate surface area is 130 Å². The fraction of sp³-hybridized carbons (Fsp3) is 0.0667. The fourth-order valence-corrected chi connectivity index (χ4v) is 2.21. The zero-order chi connectivity index (χ0) is 14.8. The molecule has 3 aromatic rings. The number of carbonyl (C=O) groups excluding carboxylic acids is 1. The molecule has 0 aliphatic rings. The van der Waals surface area contributed by atoms with Crippen LogP contribution in [0.2, 0.25) is 10.0 Å². The second-order valence-electron chi connectivity index (χ2n) is 4.42. The van der Waals surface area contributed by atoms with Crippen LogP contribution >= 0.6 is 23.2 Å². The monoisotopic (exact) mass is 320 g/mol. The van der Waals surface area contributed by atoms with E-state index in [1.54, 1.807) is 28.8 Å². The smallest absolute Gasteiger partial charge is 0.358 e. The van der Waals surface area contributed by atoms with E-state index in [4.69, 9.17) is 27.9 Å². The normalized spacial score (nSPS) is 10.8. The molecule has 0 atom stereocenters. The van der Waals surface area contributed by atoms with Crippen LogP contribution in [0.1, 0.15) is 16.1 Å². The number of fused-ring (bicyclic) bond motifs is 1. The van der Waals surface area contributed by atoms with Crippen LogP contribution in [0.25, 0.3) is 5.65 Å². The molecule has 2 aromatic heterocycles. The SMILES string of the molecule is O=C(OCc1ccc(Cl)c(Cl)c1)c1cn2ccccc2n1. The number of esters is 1.